The number of aryl methyl sites for hydroxylation is 2. The zero-order valence-corrected chi connectivity index (χ0v) is 13.5. The molecule has 0 aromatic heterocycles. The normalized spacial score (nSPS) is 12.5. The van der Waals surface area contributed by atoms with Crippen LogP contribution in [0.2, 0.25) is 15.1 Å². The SMILES string of the molecule is Cc1cc(Cl)c(C(Cl)c2cccc(Cl)c2Cl)cc1C. The Hall–Kier alpha value is -0.400. The fourth-order valence-electron chi connectivity index (χ4n) is 1.88. The van der Waals surface area contributed by atoms with E-state index in [0.29, 0.717) is 15.1 Å². The van der Waals surface area contributed by atoms with Gasteiger partial charge in [-0.05, 0) is 48.2 Å². The molecule has 0 aliphatic rings. The van der Waals surface area contributed by atoms with Gasteiger partial charge in [0.1, 0.15) is 0 Å². The van der Waals surface area contributed by atoms with Gasteiger partial charge in [0.25, 0.3) is 0 Å². The van der Waals surface area contributed by atoms with Crippen LogP contribution in [-0.2, 0) is 0 Å². The topological polar surface area (TPSA) is 0 Å². The van der Waals surface area contributed by atoms with Crippen LogP contribution in [0.5, 0.6) is 0 Å². The molecule has 0 bridgehead atoms. The Morgan fingerprint density at radius 2 is 1.47 bits per heavy atom. The predicted molar refractivity (Wildman–Crippen MR) is 85.1 cm³/mol. The largest absolute Gasteiger partial charge is 0.112 e. The summed E-state index contributed by atoms with van der Waals surface area (Å²) >= 11 is 25.0. The van der Waals surface area contributed by atoms with E-state index >= 15 is 0 Å². The molecule has 4 heteroatoms. The van der Waals surface area contributed by atoms with Gasteiger partial charge in [0.05, 0.1) is 15.4 Å². The number of benzene rings is 2. The van der Waals surface area contributed by atoms with Crippen LogP contribution in [-0.4, -0.2) is 0 Å². The summed E-state index contributed by atoms with van der Waals surface area (Å²) in [4.78, 5) is 0. The zero-order chi connectivity index (χ0) is 14.2. The van der Waals surface area contributed by atoms with Crippen LogP contribution in [0.1, 0.15) is 27.6 Å². The van der Waals surface area contributed by atoms with Gasteiger partial charge in [0.2, 0.25) is 0 Å². The molecule has 0 spiro atoms. The van der Waals surface area contributed by atoms with Crippen molar-refractivity contribution in [3.05, 3.63) is 67.7 Å². The van der Waals surface area contributed by atoms with Crippen molar-refractivity contribution in [3.63, 3.8) is 0 Å². The maximum atomic E-state index is 6.51. The summed E-state index contributed by atoms with van der Waals surface area (Å²) in [5, 5.41) is 1.18. The summed E-state index contributed by atoms with van der Waals surface area (Å²) in [5.41, 5.74) is 3.88. The Morgan fingerprint density at radius 1 is 0.842 bits per heavy atom. The van der Waals surface area contributed by atoms with E-state index in [2.05, 4.69) is 0 Å². The van der Waals surface area contributed by atoms with Crippen molar-refractivity contribution in [2.24, 2.45) is 0 Å². The van der Waals surface area contributed by atoms with Gasteiger partial charge in [0.15, 0.2) is 0 Å². The Labute approximate surface area is 133 Å². The van der Waals surface area contributed by atoms with E-state index in [-0.39, 0.29) is 0 Å². The third-order valence-corrected chi connectivity index (χ3v) is 4.77. The van der Waals surface area contributed by atoms with Crippen LogP contribution in [0.4, 0.5) is 0 Å². The molecule has 2 aromatic carbocycles. The lowest BCUT2D eigenvalue weighted by molar-refractivity contribution is 1.12. The summed E-state index contributed by atoms with van der Waals surface area (Å²) in [5.74, 6) is 0. The minimum Gasteiger partial charge on any atom is -0.112 e. The average Bonchev–Trinajstić information content (AvgIpc) is 2.36. The number of rotatable bonds is 2. The minimum absolute atomic E-state index is 0.419. The maximum Gasteiger partial charge on any atom is 0.0864 e. The lowest BCUT2D eigenvalue weighted by Crippen LogP contribution is -1.98. The lowest BCUT2D eigenvalue weighted by Gasteiger charge is -2.16. The molecule has 19 heavy (non-hydrogen) atoms. The Balaban J connectivity index is 2.53. The number of hydrogen-bond acceptors (Lipinski definition) is 0. The van der Waals surface area contributed by atoms with E-state index in [9.17, 15) is 0 Å². The standard InChI is InChI=1S/C15H12Cl4/c1-8-6-11(13(17)7-9(8)2)14(18)10-4-3-5-12(16)15(10)19/h3-7,14H,1-2H3. The van der Waals surface area contributed by atoms with Crippen molar-refractivity contribution in [2.45, 2.75) is 19.2 Å². The first-order valence-electron chi connectivity index (χ1n) is 5.76. The maximum absolute atomic E-state index is 6.51. The molecular formula is C15H12Cl4. The van der Waals surface area contributed by atoms with Crippen LogP contribution in [0, 0.1) is 13.8 Å². The van der Waals surface area contributed by atoms with Crippen molar-refractivity contribution < 1.29 is 0 Å². The van der Waals surface area contributed by atoms with Crippen molar-refractivity contribution in [1.29, 1.82) is 0 Å². The number of hydrogen-bond donors (Lipinski definition) is 0. The highest BCUT2D eigenvalue weighted by Crippen LogP contribution is 2.40. The Kier molecular flexibility index (Phi) is 4.68. The van der Waals surface area contributed by atoms with Crippen LogP contribution in [0.15, 0.2) is 30.3 Å². The van der Waals surface area contributed by atoms with E-state index in [1.54, 1.807) is 6.07 Å². The van der Waals surface area contributed by atoms with Gasteiger partial charge in [-0.1, -0.05) is 53.0 Å². The Bertz CT molecular complexity index is 620. The van der Waals surface area contributed by atoms with Gasteiger partial charge in [0, 0.05) is 5.02 Å². The molecule has 2 rings (SSSR count). The number of halogens is 4. The molecule has 100 valence electrons. The molecule has 0 saturated heterocycles. The molecular weight excluding hydrogens is 322 g/mol. The van der Waals surface area contributed by atoms with Crippen LogP contribution in [0.3, 0.4) is 0 Å². The van der Waals surface area contributed by atoms with Crippen molar-refractivity contribution in [2.75, 3.05) is 0 Å². The minimum atomic E-state index is -0.419. The van der Waals surface area contributed by atoms with E-state index in [1.807, 2.05) is 38.1 Å². The number of alkyl halides is 1. The first-order chi connectivity index (χ1) is 8.91. The molecule has 0 nitrogen and oxygen atoms in total. The van der Waals surface area contributed by atoms with Crippen molar-refractivity contribution >= 4 is 46.4 Å². The van der Waals surface area contributed by atoms with Gasteiger partial charge in [-0.25, -0.2) is 0 Å². The molecule has 0 fully saturated rings. The smallest absolute Gasteiger partial charge is 0.0864 e. The van der Waals surface area contributed by atoms with E-state index < -0.39 is 5.38 Å². The fraction of sp³-hybridized carbons (Fsp3) is 0.200. The average molecular weight is 334 g/mol. The summed E-state index contributed by atoms with van der Waals surface area (Å²) in [7, 11) is 0. The molecule has 0 aliphatic carbocycles. The molecule has 0 heterocycles. The van der Waals surface area contributed by atoms with Gasteiger partial charge < -0.3 is 0 Å². The molecule has 0 radical (unpaired) electrons. The first-order valence-corrected chi connectivity index (χ1v) is 7.33. The van der Waals surface area contributed by atoms with Crippen LogP contribution in [0.25, 0.3) is 0 Å². The summed E-state index contributed by atoms with van der Waals surface area (Å²) in [6, 6.07) is 9.33. The highest BCUT2D eigenvalue weighted by Gasteiger charge is 2.19. The zero-order valence-electron chi connectivity index (χ0n) is 10.5. The molecule has 0 N–H and O–H groups in total. The monoisotopic (exact) mass is 332 g/mol. The molecule has 1 unspecified atom stereocenters. The highest BCUT2D eigenvalue weighted by atomic mass is 35.5. The third kappa shape index (κ3) is 3.03. The van der Waals surface area contributed by atoms with Crippen molar-refractivity contribution in [1.82, 2.24) is 0 Å². The van der Waals surface area contributed by atoms with Gasteiger partial charge >= 0.3 is 0 Å². The molecule has 1 atom stereocenters. The molecule has 0 saturated carbocycles. The summed E-state index contributed by atoms with van der Waals surface area (Å²) in [6.45, 7) is 4.04. The van der Waals surface area contributed by atoms with Gasteiger partial charge in [-0.2, -0.15) is 0 Å². The molecule has 0 amide bonds. The van der Waals surface area contributed by atoms with Crippen LogP contribution >= 0.6 is 46.4 Å². The van der Waals surface area contributed by atoms with Crippen molar-refractivity contribution in [3.8, 4) is 0 Å². The second-order valence-corrected chi connectivity index (χ2v) is 6.09. The molecule has 0 aliphatic heterocycles. The summed E-state index contributed by atoms with van der Waals surface area (Å²) in [6.07, 6.45) is 0. The lowest BCUT2D eigenvalue weighted by atomic mass is 10.00. The van der Waals surface area contributed by atoms with Crippen LogP contribution < -0.4 is 0 Å². The second-order valence-electron chi connectivity index (χ2n) is 4.46. The third-order valence-electron chi connectivity index (χ3n) is 3.14. The molecule has 2 aromatic rings. The fourth-order valence-corrected chi connectivity index (χ4v) is 3.10. The van der Waals surface area contributed by atoms with Gasteiger partial charge in [-0.3, -0.25) is 0 Å². The predicted octanol–water partition coefficient (Wildman–Crippen LogP) is 6.59. The Morgan fingerprint density at radius 3 is 2.16 bits per heavy atom. The quantitative estimate of drug-likeness (QED) is 0.543. The van der Waals surface area contributed by atoms with E-state index in [0.717, 1.165) is 22.3 Å². The second kappa shape index (κ2) is 5.93. The van der Waals surface area contributed by atoms with Gasteiger partial charge in [-0.15, -0.1) is 11.6 Å². The van der Waals surface area contributed by atoms with E-state index in [4.69, 9.17) is 46.4 Å². The highest BCUT2D eigenvalue weighted by molar-refractivity contribution is 6.43. The van der Waals surface area contributed by atoms with E-state index in [1.165, 1.54) is 0 Å². The summed E-state index contributed by atoms with van der Waals surface area (Å²) < 4.78 is 0. The first kappa shape index (κ1) is 15.0.